The topological polar surface area (TPSA) is 188 Å². The van der Waals surface area contributed by atoms with Crippen molar-refractivity contribution in [3.63, 3.8) is 0 Å². The molecule has 3 aromatic rings. The minimum absolute atomic E-state index is 0.0496. The second-order valence-corrected chi connectivity index (χ2v) is 6.36. The SMILES string of the molecule is COc1cc(C=Cc2[nH]c(=O)[nH]c(=O)c2[N+](=O)[O-])ccc1OC(=O)c1ccc([N+](=O)[O-])cc1. The van der Waals surface area contributed by atoms with Crippen molar-refractivity contribution in [2.75, 3.05) is 7.11 Å². The van der Waals surface area contributed by atoms with E-state index in [-0.39, 0.29) is 28.4 Å². The van der Waals surface area contributed by atoms with Crippen molar-refractivity contribution in [2.45, 2.75) is 0 Å². The highest BCUT2D eigenvalue weighted by Crippen LogP contribution is 2.30. The summed E-state index contributed by atoms with van der Waals surface area (Å²) in [6.07, 6.45) is 2.55. The molecule has 0 aliphatic carbocycles. The van der Waals surface area contributed by atoms with Crippen LogP contribution in [-0.4, -0.2) is 32.9 Å². The van der Waals surface area contributed by atoms with Crippen molar-refractivity contribution in [1.29, 1.82) is 0 Å². The summed E-state index contributed by atoms with van der Waals surface area (Å²) in [5.41, 5.74) is -2.84. The highest BCUT2D eigenvalue weighted by atomic mass is 16.6. The van der Waals surface area contributed by atoms with Crippen LogP contribution in [0.25, 0.3) is 12.2 Å². The molecule has 33 heavy (non-hydrogen) atoms. The molecule has 3 rings (SSSR count). The van der Waals surface area contributed by atoms with Crippen LogP contribution in [0.5, 0.6) is 11.5 Å². The summed E-state index contributed by atoms with van der Waals surface area (Å²) >= 11 is 0. The van der Waals surface area contributed by atoms with E-state index in [1.807, 2.05) is 0 Å². The lowest BCUT2D eigenvalue weighted by molar-refractivity contribution is -0.386. The van der Waals surface area contributed by atoms with Crippen LogP contribution in [0, 0.1) is 20.2 Å². The Morgan fingerprint density at radius 3 is 2.24 bits per heavy atom. The van der Waals surface area contributed by atoms with Gasteiger partial charge < -0.3 is 14.5 Å². The van der Waals surface area contributed by atoms with Crippen LogP contribution in [0.3, 0.4) is 0 Å². The molecular weight excluding hydrogens is 440 g/mol. The van der Waals surface area contributed by atoms with Gasteiger partial charge in [0, 0.05) is 12.1 Å². The number of ether oxygens (including phenoxy) is 2. The van der Waals surface area contributed by atoms with Gasteiger partial charge in [0.05, 0.1) is 22.5 Å². The van der Waals surface area contributed by atoms with Crippen LogP contribution in [0.15, 0.2) is 52.1 Å². The zero-order valence-corrected chi connectivity index (χ0v) is 16.8. The summed E-state index contributed by atoms with van der Waals surface area (Å²) in [6.45, 7) is 0. The van der Waals surface area contributed by atoms with E-state index in [4.69, 9.17) is 9.47 Å². The average molecular weight is 454 g/mol. The fraction of sp³-hybridized carbons (Fsp3) is 0.0500. The van der Waals surface area contributed by atoms with Crippen molar-refractivity contribution >= 4 is 29.5 Å². The minimum atomic E-state index is -1.14. The highest BCUT2D eigenvalue weighted by Gasteiger charge is 2.19. The Kier molecular flexibility index (Phi) is 6.43. The van der Waals surface area contributed by atoms with E-state index in [0.29, 0.717) is 5.56 Å². The molecule has 13 nitrogen and oxygen atoms in total. The number of aromatic nitrogens is 2. The smallest absolute Gasteiger partial charge is 0.357 e. The number of methoxy groups -OCH3 is 1. The van der Waals surface area contributed by atoms with Gasteiger partial charge in [0.25, 0.3) is 5.69 Å². The van der Waals surface area contributed by atoms with Gasteiger partial charge >= 0.3 is 22.9 Å². The van der Waals surface area contributed by atoms with Gasteiger partial charge in [-0.15, -0.1) is 0 Å². The number of nitrogens with one attached hydrogen (secondary N) is 2. The number of rotatable bonds is 7. The predicted molar refractivity (Wildman–Crippen MR) is 114 cm³/mol. The van der Waals surface area contributed by atoms with Crippen molar-refractivity contribution < 1.29 is 24.1 Å². The van der Waals surface area contributed by atoms with E-state index in [9.17, 15) is 34.6 Å². The van der Waals surface area contributed by atoms with E-state index in [2.05, 4.69) is 4.98 Å². The van der Waals surface area contributed by atoms with Crippen molar-refractivity contribution in [3.8, 4) is 11.5 Å². The summed E-state index contributed by atoms with van der Waals surface area (Å²) in [5, 5.41) is 21.8. The molecule has 0 spiro atoms. The first kappa shape index (κ1) is 22.6. The number of aromatic amines is 2. The Hall–Kier alpha value is -5.07. The first-order chi connectivity index (χ1) is 15.7. The van der Waals surface area contributed by atoms with Crippen LogP contribution in [0.1, 0.15) is 21.6 Å². The molecule has 0 amide bonds. The third-order valence-corrected chi connectivity index (χ3v) is 4.27. The molecule has 0 bridgehead atoms. The first-order valence-electron chi connectivity index (χ1n) is 9.03. The van der Waals surface area contributed by atoms with Gasteiger partial charge in [-0.1, -0.05) is 12.1 Å². The van der Waals surface area contributed by atoms with Gasteiger partial charge in [0.15, 0.2) is 11.5 Å². The maximum absolute atomic E-state index is 12.3. The van der Waals surface area contributed by atoms with Gasteiger partial charge in [-0.2, -0.15) is 0 Å². The number of carbonyl (C=O) groups excluding carboxylic acids is 1. The molecule has 168 valence electrons. The Balaban J connectivity index is 1.85. The number of nitro benzene ring substituents is 1. The minimum Gasteiger partial charge on any atom is -0.493 e. The maximum atomic E-state index is 12.3. The van der Waals surface area contributed by atoms with Gasteiger partial charge in [0.1, 0.15) is 5.69 Å². The van der Waals surface area contributed by atoms with Crippen LogP contribution in [-0.2, 0) is 0 Å². The highest BCUT2D eigenvalue weighted by molar-refractivity contribution is 5.91. The number of hydrogen-bond acceptors (Lipinski definition) is 9. The van der Waals surface area contributed by atoms with E-state index in [1.54, 1.807) is 4.98 Å². The molecule has 2 N–H and O–H groups in total. The number of non-ortho nitro benzene ring substituents is 1. The number of nitro groups is 2. The van der Waals surface area contributed by atoms with E-state index >= 15 is 0 Å². The lowest BCUT2D eigenvalue weighted by Crippen LogP contribution is -2.25. The van der Waals surface area contributed by atoms with E-state index in [1.165, 1.54) is 61.7 Å². The molecule has 0 radical (unpaired) electrons. The van der Waals surface area contributed by atoms with E-state index < -0.39 is 32.8 Å². The van der Waals surface area contributed by atoms with Crippen LogP contribution in [0.4, 0.5) is 11.4 Å². The van der Waals surface area contributed by atoms with Gasteiger partial charge in [-0.05, 0) is 35.9 Å². The average Bonchev–Trinajstić information content (AvgIpc) is 2.77. The van der Waals surface area contributed by atoms with Crippen LogP contribution >= 0.6 is 0 Å². The number of H-pyrrole nitrogens is 2. The van der Waals surface area contributed by atoms with E-state index in [0.717, 1.165) is 0 Å². The summed E-state index contributed by atoms with van der Waals surface area (Å²) < 4.78 is 10.5. The molecule has 0 fully saturated rings. The molecule has 2 aromatic carbocycles. The maximum Gasteiger partial charge on any atom is 0.357 e. The fourth-order valence-electron chi connectivity index (χ4n) is 2.73. The number of benzene rings is 2. The number of hydrogen-bond donors (Lipinski definition) is 2. The molecule has 0 aliphatic heterocycles. The Bertz CT molecular complexity index is 1390. The third kappa shape index (κ3) is 5.16. The quantitative estimate of drug-likeness (QED) is 0.233. The van der Waals surface area contributed by atoms with Crippen LogP contribution in [0.2, 0.25) is 0 Å². The van der Waals surface area contributed by atoms with Gasteiger partial charge in [0.2, 0.25) is 0 Å². The third-order valence-electron chi connectivity index (χ3n) is 4.27. The lowest BCUT2D eigenvalue weighted by Gasteiger charge is -2.10. The fourth-order valence-corrected chi connectivity index (χ4v) is 2.73. The number of carbonyl (C=O) groups is 1. The summed E-state index contributed by atoms with van der Waals surface area (Å²) in [6, 6.07) is 9.18. The molecule has 13 heteroatoms. The number of nitrogens with zero attached hydrogens (tertiary/aromatic N) is 2. The van der Waals surface area contributed by atoms with Crippen LogP contribution < -0.4 is 20.7 Å². The molecule has 0 saturated carbocycles. The normalized spacial score (nSPS) is 10.7. The van der Waals surface area contributed by atoms with Crippen molar-refractivity contribution in [1.82, 2.24) is 9.97 Å². The molecule has 1 heterocycles. The summed E-state index contributed by atoms with van der Waals surface area (Å²) in [7, 11) is 1.32. The first-order valence-corrected chi connectivity index (χ1v) is 9.03. The lowest BCUT2D eigenvalue weighted by atomic mass is 10.1. The zero-order valence-electron chi connectivity index (χ0n) is 16.8. The Labute approximate surface area is 183 Å². The Morgan fingerprint density at radius 2 is 1.64 bits per heavy atom. The number of esters is 1. The predicted octanol–water partition coefficient (Wildman–Crippen LogP) is 2.28. The monoisotopic (exact) mass is 454 g/mol. The molecule has 0 atom stereocenters. The largest absolute Gasteiger partial charge is 0.493 e. The Morgan fingerprint density at radius 1 is 0.939 bits per heavy atom. The second kappa shape index (κ2) is 9.38. The standard InChI is InChI=1S/C20H14N4O9/c1-32-16-10-11(2-8-14-17(24(30)31)18(25)22-20(27)21-14)3-9-15(16)33-19(26)12-4-6-13(7-5-12)23(28)29/h2-10H,1H3,(H2,21,22,25,27). The van der Waals surface area contributed by atoms with Crippen molar-refractivity contribution in [2.24, 2.45) is 0 Å². The molecule has 0 unspecified atom stereocenters. The summed E-state index contributed by atoms with van der Waals surface area (Å²) in [5.74, 6) is -0.585. The zero-order chi connectivity index (χ0) is 24.1. The van der Waals surface area contributed by atoms with Gasteiger partial charge in [-0.25, -0.2) is 9.59 Å². The molecule has 0 aliphatic rings. The summed E-state index contributed by atoms with van der Waals surface area (Å²) in [4.78, 5) is 59.7. The van der Waals surface area contributed by atoms with Crippen molar-refractivity contribution in [3.05, 3.63) is 100 Å². The molecule has 0 saturated heterocycles. The van der Waals surface area contributed by atoms with Gasteiger partial charge in [-0.3, -0.25) is 30.0 Å². The molecular formula is C20H14N4O9. The molecule has 1 aromatic heterocycles. The second-order valence-electron chi connectivity index (χ2n) is 6.36.